The molecule has 3 nitrogen and oxygen atoms in total. The lowest BCUT2D eigenvalue weighted by Gasteiger charge is -2.47. The third-order valence-electron chi connectivity index (χ3n) is 5.60. The second-order valence-electron chi connectivity index (χ2n) is 8.55. The molecule has 0 N–H and O–H groups in total. The fraction of sp³-hybridized carbons (Fsp3) is 0.269. The van der Waals surface area contributed by atoms with Gasteiger partial charge in [0.25, 0.3) is 0 Å². The Labute approximate surface area is 181 Å². The molecule has 3 aromatic carbocycles. The standard InChI is InChI=1S/C26H29O3P/c1-19-15-17-22(18-16-19)28-24(27)26(25(2,3)4,21-13-9-6-10-14-21)23(29-30)20-11-7-5-8-12-20/h5-18,23H,30H2,1-4H3. The Morgan fingerprint density at radius 1 is 0.833 bits per heavy atom. The second-order valence-corrected chi connectivity index (χ2v) is 8.83. The van der Waals surface area contributed by atoms with E-state index in [1.54, 1.807) is 0 Å². The number of ether oxygens (including phenoxy) is 1. The van der Waals surface area contributed by atoms with Crippen LogP contribution in [0.3, 0.4) is 0 Å². The number of aryl methyl sites for hydroxylation is 1. The molecule has 156 valence electrons. The molecular formula is C26H29O3P. The zero-order valence-corrected chi connectivity index (χ0v) is 19.1. The van der Waals surface area contributed by atoms with Crippen molar-refractivity contribution in [3.8, 4) is 5.75 Å². The fourth-order valence-corrected chi connectivity index (χ4v) is 4.42. The van der Waals surface area contributed by atoms with Crippen LogP contribution >= 0.6 is 9.47 Å². The summed E-state index contributed by atoms with van der Waals surface area (Å²) in [6, 6.07) is 27.1. The highest BCUT2D eigenvalue weighted by Gasteiger charge is 2.58. The Hall–Kier alpha value is -2.48. The van der Waals surface area contributed by atoms with Gasteiger partial charge in [0.15, 0.2) is 0 Å². The quantitative estimate of drug-likeness (QED) is 0.262. The van der Waals surface area contributed by atoms with E-state index in [4.69, 9.17) is 9.26 Å². The summed E-state index contributed by atoms with van der Waals surface area (Å²) in [5.41, 5.74) is 1.25. The lowest BCUT2D eigenvalue weighted by Crippen LogP contribution is -2.54. The van der Waals surface area contributed by atoms with Crippen molar-refractivity contribution in [2.24, 2.45) is 5.41 Å². The monoisotopic (exact) mass is 420 g/mol. The van der Waals surface area contributed by atoms with E-state index in [-0.39, 0.29) is 5.97 Å². The average molecular weight is 420 g/mol. The summed E-state index contributed by atoms with van der Waals surface area (Å²) in [6.07, 6.45) is -0.566. The minimum Gasteiger partial charge on any atom is -0.426 e. The maximum absolute atomic E-state index is 14.0. The molecule has 0 heterocycles. The average Bonchev–Trinajstić information content (AvgIpc) is 2.73. The Kier molecular flexibility index (Phi) is 6.75. The van der Waals surface area contributed by atoms with Crippen molar-refractivity contribution < 1.29 is 14.1 Å². The zero-order valence-electron chi connectivity index (χ0n) is 18.0. The van der Waals surface area contributed by atoms with Crippen molar-refractivity contribution in [1.82, 2.24) is 0 Å². The van der Waals surface area contributed by atoms with E-state index in [9.17, 15) is 4.79 Å². The summed E-state index contributed by atoms with van der Waals surface area (Å²) in [6.45, 7) is 8.16. The van der Waals surface area contributed by atoms with Crippen molar-refractivity contribution in [2.45, 2.75) is 39.2 Å². The largest absolute Gasteiger partial charge is 0.426 e. The first-order valence-corrected chi connectivity index (χ1v) is 10.5. The molecule has 0 aromatic heterocycles. The van der Waals surface area contributed by atoms with Crippen molar-refractivity contribution in [3.05, 3.63) is 102 Å². The number of hydrogen-bond acceptors (Lipinski definition) is 3. The minimum atomic E-state index is -1.09. The lowest BCUT2D eigenvalue weighted by atomic mass is 9.58. The highest BCUT2D eigenvalue weighted by molar-refractivity contribution is 7.09. The first-order valence-electron chi connectivity index (χ1n) is 10.1. The smallest absolute Gasteiger partial charge is 0.325 e. The molecule has 3 unspecified atom stereocenters. The number of hydrogen-bond donors (Lipinski definition) is 0. The fourth-order valence-electron chi connectivity index (χ4n) is 4.06. The summed E-state index contributed by atoms with van der Waals surface area (Å²) in [4.78, 5) is 14.0. The van der Waals surface area contributed by atoms with E-state index in [0.29, 0.717) is 5.75 Å². The van der Waals surface area contributed by atoms with Crippen LogP contribution in [0.15, 0.2) is 84.9 Å². The number of carbonyl (C=O) groups is 1. The van der Waals surface area contributed by atoms with Crippen LogP contribution in [0, 0.1) is 12.3 Å². The Morgan fingerprint density at radius 3 is 1.87 bits per heavy atom. The van der Waals surface area contributed by atoms with Gasteiger partial charge in [0.2, 0.25) is 0 Å². The molecule has 4 heteroatoms. The molecule has 0 fully saturated rings. The van der Waals surface area contributed by atoms with Crippen LogP contribution in [0.4, 0.5) is 0 Å². The van der Waals surface area contributed by atoms with E-state index < -0.39 is 16.9 Å². The molecule has 0 spiro atoms. The van der Waals surface area contributed by atoms with Gasteiger partial charge in [0.1, 0.15) is 17.3 Å². The Bertz CT molecular complexity index is 963. The summed E-state index contributed by atoms with van der Waals surface area (Å²) in [7, 11) is 2.36. The summed E-state index contributed by atoms with van der Waals surface area (Å²) >= 11 is 0. The van der Waals surface area contributed by atoms with Gasteiger partial charge < -0.3 is 9.26 Å². The molecule has 30 heavy (non-hydrogen) atoms. The van der Waals surface area contributed by atoms with Gasteiger partial charge in [-0.15, -0.1) is 0 Å². The summed E-state index contributed by atoms with van der Waals surface area (Å²) < 4.78 is 12.0. The molecule has 0 radical (unpaired) electrons. The van der Waals surface area contributed by atoms with E-state index in [1.165, 1.54) is 0 Å². The molecule has 0 aliphatic rings. The molecule has 0 saturated heterocycles. The molecule has 3 aromatic rings. The van der Waals surface area contributed by atoms with Gasteiger partial charge in [-0.25, -0.2) is 0 Å². The molecule has 3 atom stereocenters. The van der Waals surface area contributed by atoms with Gasteiger partial charge >= 0.3 is 5.97 Å². The SMILES string of the molecule is Cc1ccc(OC(=O)C(c2ccccc2)(C(OP)c2ccccc2)C(C)(C)C)cc1. The van der Waals surface area contributed by atoms with Crippen molar-refractivity contribution in [3.63, 3.8) is 0 Å². The maximum atomic E-state index is 14.0. The van der Waals surface area contributed by atoms with Crippen LogP contribution in [0.2, 0.25) is 0 Å². The van der Waals surface area contributed by atoms with Crippen LogP contribution in [0.5, 0.6) is 5.75 Å². The van der Waals surface area contributed by atoms with Gasteiger partial charge in [0, 0.05) is 9.47 Å². The first-order chi connectivity index (χ1) is 14.3. The first kappa shape index (κ1) is 22.2. The van der Waals surface area contributed by atoms with Gasteiger partial charge in [-0.05, 0) is 35.6 Å². The van der Waals surface area contributed by atoms with Crippen LogP contribution in [0.25, 0.3) is 0 Å². The second kappa shape index (κ2) is 9.12. The molecule has 0 aliphatic carbocycles. The van der Waals surface area contributed by atoms with Gasteiger partial charge in [0.05, 0.1) is 0 Å². The summed E-state index contributed by atoms with van der Waals surface area (Å²) in [5, 5.41) is 0. The minimum absolute atomic E-state index is 0.346. The Morgan fingerprint density at radius 2 is 1.37 bits per heavy atom. The number of carbonyl (C=O) groups excluding carboxylic acids is 1. The Balaban J connectivity index is 2.23. The normalized spacial score (nSPS) is 14.6. The van der Waals surface area contributed by atoms with E-state index in [2.05, 4.69) is 30.2 Å². The van der Waals surface area contributed by atoms with Crippen LogP contribution in [-0.4, -0.2) is 5.97 Å². The van der Waals surface area contributed by atoms with Crippen LogP contribution in [0.1, 0.15) is 43.6 Å². The highest BCUT2D eigenvalue weighted by atomic mass is 31.0. The van der Waals surface area contributed by atoms with Crippen LogP contribution < -0.4 is 4.74 Å². The molecule has 0 saturated carbocycles. The van der Waals surface area contributed by atoms with E-state index in [0.717, 1.165) is 16.7 Å². The predicted octanol–water partition coefficient (Wildman–Crippen LogP) is 6.43. The molecule has 3 rings (SSSR count). The van der Waals surface area contributed by atoms with Crippen molar-refractivity contribution in [2.75, 3.05) is 0 Å². The van der Waals surface area contributed by atoms with E-state index in [1.807, 2.05) is 91.9 Å². The van der Waals surface area contributed by atoms with Gasteiger partial charge in [-0.2, -0.15) is 0 Å². The van der Waals surface area contributed by atoms with E-state index >= 15 is 0 Å². The molecule has 0 aliphatic heterocycles. The predicted molar refractivity (Wildman–Crippen MR) is 124 cm³/mol. The van der Waals surface area contributed by atoms with Crippen molar-refractivity contribution >= 4 is 15.4 Å². The topological polar surface area (TPSA) is 35.5 Å². The molecule has 0 bridgehead atoms. The van der Waals surface area contributed by atoms with Gasteiger partial charge in [-0.3, -0.25) is 4.79 Å². The lowest BCUT2D eigenvalue weighted by molar-refractivity contribution is -0.152. The number of esters is 1. The third kappa shape index (κ3) is 4.19. The van der Waals surface area contributed by atoms with Crippen LogP contribution in [-0.2, 0) is 14.7 Å². The summed E-state index contributed by atoms with van der Waals surface area (Å²) in [5.74, 6) is 0.173. The zero-order chi connectivity index (χ0) is 21.8. The number of rotatable bonds is 6. The molecular weight excluding hydrogens is 391 g/mol. The number of benzene rings is 3. The third-order valence-corrected chi connectivity index (χ3v) is 5.87. The van der Waals surface area contributed by atoms with Crippen molar-refractivity contribution in [1.29, 1.82) is 0 Å². The van der Waals surface area contributed by atoms with Gasteiger partial charge in [-0.1, -0.05) is 99.1 Å². The highest BCUT2D eigenvalue weighted by Crippen LogP contribution is 2.53. The maximum Gasteiger partial charge on any atom is 0.325 e. The molecule has 0 amide bonds.